The first-order valence-corrected chi connectivity index (χ1v) is 8.77. The standard InChI is InChI=1S/C16H19BrClNS/c1-4-8-19-15(13-9-12(17)16(18)20-13)14-10(2)6-5-7-11(14)3/h5-7,9,15,19H,4,8H2,1-3H3. The molecule has 0 saturated heterocycles. The van der Waals surface area contributed by atoms with Gasteiger partial charge in [-0.2, -0.15) is 0 Å². The predicted octanol–water partition coefficient (Wildman–Crippen LogP) is 5.87. The Balaban J connectivity index is 2.47. The average molecular weight is 373 g/mol. The van der Waals surface area contributed by atoms with E-state index in [1.165, 1.54) is 21.6 Å². The maximum Gasteiger partial charge on any atom is 0.107 e. The molecule has 1 aromatic heterocycles. The molecule has 0 aliphatic heterocycles. The predicted molar refractivity (Wildman–Crippen MR) is 93.1 cm³/mol. The lowest BCUT2D eigenvalue weighted by Gasteiger charge is -2.22. The molecule has 0 aliphatic carbocycles. The molecule has 0 amide bonds. The highest BCUT2D eigenvalue weighted by molar-refractivity contribution is 9.10. The molecule has 0 saturated carbocycles. The Bertz CT molecular complexity index is 554. The molecule has 1 heterocycles. The van der Waals surface area contributed by atoms with Gasteiger partial charge in [0.05, 0.1) is 6.04 Å². The summed E-state index contributed by atoms with van der Waals surface area (Å²) in [7, 11) is 0. The molecule has 1 nitrogen and oxygen atoms in total. The van der Waals surface area contributed by atoms with E-state index in [2.05, 4.69) is 66.3 Å². The van der Waals surface area contributed by atoms with Crippen molar-refractivity contribution in [2.24, 2.45) is 0 Å². The van der Waals surface area contributed by atoms with Gasteiger partial charge < -0.3 is 5.32 Å². The number of halogens is 2. The van der Waals surface area contributed by atoms with Crippen LogP contribution in [0.1, 0.15) is 41.0 Å². The van der Waals surface area contributed by atoms with E-state index in [9.17, 15) is 0 Å². The summed E-state index contributed by atoms with van der Waals surface area (Å²) in [6.07, 6.45) is 1.11. The summed E-state index contributed by atoms with van der Waals surface area (Å²) < 4.78 is 1.79. The van der Waals surface area contributed by atoms with Gasteiger partial charge in [0.1, 0.15) is 4.34 Å². The largest absolute Gasteiger partial charge is 0.306 e. The van der Waals surface area contributed by atoms with Crippen LogP contribution >= 0.6 is 38.9 Å². The van der Waals surface area contributed by atoms with Crippen molar-refractivity contribution in [3.8, 4) is 0 Å². The van der Waals surface area contributed by atoms with Crippen molar-refractivity contribution in [1.29, 1.82) is 0 Å². The third-order valence-corrected chi connectivity index (χ3v) is 5.92. The highest BCUT2D eigenvalue weighted by Gasteiger charge is 2.20. The van der Waals surface area contributed by atoms with E-state index in [1.807, 2.05) is 0 Å². The smallest absolute Gasteiger partial charge is 0.107 e. The maximum atomic E-state index is 6.22. The number of hydrogen-bond acceptors (Lipinski definition) is 2. The van der Waals surface area contributed by atoms with Crippen LogP contribution in [0, 0.1) is 13.8 Å². The number of benzene rings is 1. The minimum Gasteiger partial charge on any atom is -0.306 e. The first kappa shape index (κ1) is 16.0. The fourth-order valence-electron chi connectivity index (χ4n) is 2.42. The maximum absolute atomic E-state index is 6.22. The van der Waals surface area contributed by atoms with E-state index in [0.29, 0.717) is 0 Å². The minimum absolute atomic E-state index is 0.213. The quantitative estimate of drug-likeness (QED) is 0.692. The summed E-state index contributed by atoms with van der Waals surface area (Å²) in [4.78, 5) is 1.26. The van der Waals surface area contributed by atoms with Crippen molar-refractivity contribution in [2.75, 3.05) is 6.54 Å². The molecule has 0 spiro atoms. The lowest BCUT2D eigenvalue weighted by atomic mass is 9.95. The molecule has 2 rings (SSSR count). The fraction of sp³-hybridized carbons (Fsp3) is 0.375. The zero-order valence-corrected chi connectivity index (χ0v) is 15.1. The second kappa shape index (κ2) is 7.08. The zero-order valence-electron chi connectivity index (χ0n) is 12.0. The Kier molecular flexibility index (Phi) is 5.67. The van der Waals surface area contributed by atoms with E-state index in [-0.39, 0.29) is 6.04 Å². The van der Waals surface area contributed by atoms with Crippen LogP contribution in [0.3, 0.4) is 0 Å². The Labute approximate surface area is 138 Å². The van der Waals surface area contributed by atoms with Crippen molar-refractivity contribution >= 4 is 38.9 Å². The molecular weight excluding hydrogens is 354 g/mol. The average Bonchev–Trinajstić information content (AvgIpc) is 2.73. The Morgan fingerprint density at radius 2 is 1.95 bits per heavy atom. The van der Waals surface area contributed by atoms with Gasteiger partial charge in [0.2, 0.25) is 0 Å². The molecule has 1 N–H and O–H groups in total. The summed E-state index contributed by atoms with van der Waals surface area (Å²) in [5, 5.41) is 3.66. The fourth-order valence-corrected chi connectivity index (χ4v) is 4.24. The zero-order chi connectivity index (χ0) is 14.7. The summed E-state index contributed by atoms with van der Waals surface area (Å²) in [6.45, 7) is 7.53. The molecule has 108 valence electrons. The van der Waals surface area contributed by atoms with Gasteiger partial charge in [-0.25, -0.2) is 0 Å². The van der Waals surface area contributed by atoms with Crippen LogP contribution in [0.4, 0.5) is 0 Å². The number of nitrogens with one attached hydrogen (secondary N) is 1. The molecular formula is C16H19BrClNS. The second-order valence-corrected chi connectivity index (χ2v) is 7.50. The lowest BCUT2D eigenvalue weighted by Crippen LogP contribution is -2.24. The van der Waals surface area contributed by atoms with Crippen LogP contribution in [0.15, 0.2) is 28.7 Å². The Morgan fingerprint density at radius 3 is 2.45 bits per heavy atom. The molecule has 20 heavy (non-hydrogen) atoms. The van der Waals surface area contributed by atoms with Crippen LogP contribution in [0.25, 0.3) is 0 Å². The highest BCUT2D eigenvalue weighted by Crippen LogP contribution is 2.38. The Morgan fingerprint density at radius 1 is 1.30 bits per heavy atom. The molecule has 1 aromatic carbocycles. The lowest BCUT2D eigenvalue weighted by molar-refractivity contribution is 0.601. The molecule has 0 aliphatic rings. The van der Waals surface area contributed by atoms with E-state index < -0.39 is 0 Å². The van der Waals surface area contributed by atoms with Crippen molar-refractivity contribution in [1.82, 2.24) is 5.32 Å². The van der Waals surface area contributed by atoms with Gasteiger partial charge in [0, 0.05) is 9.35 Å². The van der Waals surface area contributed by atoms with Crippen molar-refractivity contribution in [2.45, 2.75) is 33.2 Å². The minimum atomic E-state index is 0.213. The van der Waals surface area contributed by atoms with E-state index in [4.69, 9.17) is 11.6 Å². The summed E-state index contributed by atoms with van der Waals surface area (Å²) in [5.74, 6) is 0. The number of hydrogen-bond donors (Lipinski definition) is 1. The van der Waals surface area contributed by atoms with Crippen LogP contribution in [0.2, 0.25) is 4.34 Å². The van der Waals surface area contributed by atoms with Gasteiger partial charge in [-0.05, 0) is 65.5 Å². The monoisotopic (exact) mass is 371 g/mol. The second-order valence-electron chi connectivity index (χ2n) is 4.96. The number of aryl methyl sites for hydroxylation is 2. The van der Waals surface area contributed by atoms with Gasteiger partial charge in [-0.1, -0.05) is 36.7 Å². The van der Waals surface area contributed by atoms with E-state index in [1.54, 1.807) is 11.3 Å². The Hall–Kier alpha value is -0.350. The molecule has 2 aromatic rings. The van der Waals surface area contributed by atoms with Crippen molar-refractivity contribution < 1.29 is 0 Å². The number of thiophene rings is 1. The van der Waals surface area contributed by atoms with Crippen LogP contribution in [-0.2, 0) is 0 Å². The summed E-state index contributed by atoms with van der Waals surface area (Å²) >= 11 is 11.4. The first-order chi connectivity index (χ1) is 9.54. The number of rotatable bonds is 5. The van der Waals surface area contributed by atoms with Crippen molar-refractivity contribution in [3.05, 3.63) is 54.6 Å². The molecule has 0 fully saturated rings. The first-order valence-electron chi connectivity index (χ1n) is 6.78. The van der Waals surface area contributed by atoms with Crippen molar-refractivity contribution in [3.63, 3.8) is 0 Å². The van der Waals surface area contributed by atoms with Gasteiger partial charge in [-0.15, -0.1) is 11.3 Å². The van der Waals surface area contributed by atoms with E-state index in [0.717, 1.165) is 21.8 Å². The molecule has 0 radical (unpaired) electrons. The molecule has 1 unspecified atom stereocenters. The van der Waals surface area contributed by atoms with Gasteiger partial charge in [-0.3, -0.25) is 0 Å². The normalized spacial score (nSPS) is 12.7. The molecule has 4 heteroatoms. The molecule has 1 atom stereocenters. The molecule has 0 bridgehead atoms. The summed E-state index contributed by atoms with van der Waals surface area (Å²) in [5.41, 5.74) is 4.00. The topological polar surface area (TPSA) is 12.0 Å². The van der Waals surface area contributed by atoms with Gasteiger partial charge in [0.15, 0.2) is 0 Å². The van der Waals surface area contributed by atoms with Gasteiger partial charge in [0.25, 0.3) is 0 Å². The van der Waals surface area contributed by atoms with Crippen LogP contribution < -0.4 is 5.32 Å². The third-order valence-electron chi connectivity index (χ3n) is 3.38. The SMILES string of the molecule is CCCNC(c1cc(Br)c(Cl)s1)c1c(C)cccc1C. The summed E-state index contributed by atoms with van der Waals surface area (Å²) in [6, 6.07) is 8.81. The highest BCUT2D eigenvalue weighted by atomic mass is 79.9. The third kappa shape index (κ3) is 3.45. The van der Waals surface area contributed by atoms with Crippen LogP contribution in [-0.4, -0.2) is 6.54 Å². The van der Waals surface area contributed by atoms with Crippen LogP contribution in [0.5, 0.6) is 0 Å². The van der Waals surface area contributed by atoms with E-state index >= 15 is 0 Å². The van der Waals surface area contributed by atoms with Gasteiger partial charge >= 0.3 is 0 Å².